The number of aromatic nitrogens is 1. The number of hydrogen-bond donors (Lipinski definition) is 1. The molecule has 0 aliphatic rings. The van der Waals surface area contributed by atoms with Gasteiger partial charge in [-0.3, -0.25) is 9.69 Å². The minimum atomic E-state index is -0.566. The number of H-pyrrole nitrogens is 1. The van der Waals surface area contributed by atoms with Crippen molar-refractivity contribution in [1.82, 2.24) is 4.98 Å². The molecule has 0 radical (unpaired) electrons. The first kappa shape index (κ1) is 21.9. The Morgan fingerprint density at radius 3 is 2.44 bits per heavy atom. The minimum Gasteiger partial charge on any atom is -0.496 e. The summed E-state index contributed by atoms with van der Waals surface area (Å²) >= 11 is 1.42. The standard InChI is InChI=1S/C25H26N2O4S/c1-6-27(24(29)31-25(2,3)4)16-9-7-15(8-10-16)20-19(30-5)12-11-18-21(20)17-13-14-32-22(17)23(28)26-18/h7-14H,6H2,1-5H3,(H,26,28). The Balaban J connectivity index is 1.84. The van der Waals surface area contributed by atoms with Crippen LogP contribution in [-0.2, 0) is 4.74 Å². The second-order valence-electron chi connectivity index (χ2n) is 8.45. The van der Waals surface area contributed by atoms with Gasteiger partial charge in [-0.05, 0) is 69.0 Å². The van der Waals surface area contributed by atoms with E-state index in [1.807, 2.05) is 75.5 Å². The second kappa shape index (κ2) is 8.31. The molecule has 0 aliphatic heterocycles. The third-order valence-corrected chi connectivity index (χ3v) is 6.09. The van der Waals surface area contributed by atoms with E-state index < -0.39 is 5.60 Å². The van der Waals surface area contributed by atoms with E-state index in [2.05, 4.69) is 4.98 Å². The third kappa shape index (κ3) is 3.96. The summed E-state index contributed by atoms with van der Waals surface area (Å²) in [6.07, 6.45) is -0.381. The van der Waals surface area contributed by atoms with Crippen LogP contribution in [0, 0.1) is 0 Å². The Hall–Kier alpha value is -3.32. The van der Waals surface area contributed by atoms with Gasteiger partial charge in [0.2, 0.25) is 0 Å². The highest BCUT2D eigenvalue weighted by atomic mass is 32.1. The predicted molar refractivity (Wildman–Crippen MR) is 131 cm³/mol. The predicted octanol–water partition coefficient (Wildman–Crippen LogP) is 6.18. The summed E-state index contributed by atoms with van der Waals surface area (Å²) in [5.74, 6) is 0.712. The van der Waals surface area contributed by atoms with E-state index in [1.165, 1.54) is 11.3 Å². The Morgan fingerprint density at radius 2 is 1.81 bits per heavy atom. The summed E-state index contributed by atoms with van der Waals surface area (Å²) < 4.78 is 11.9. The van der Waals surface area contributed by atoms with Crippen LogP contribution in [0.3, 0.4) is 0 Å². The molecule has 1 amide bonds. The molecule has 0 saturated carbocycles. The van der Waals surface area contributed by atoms with Crippen LogP contribution in [0.5, 0.6) is 5.75 Å². The third-order valence-electron chi connectivity index (χ3n) is 5.17. The van der Waals surface area contributed by atoms with Crippen LogP contribution >= 0.6 is 11.3 Å². The van der Waals surface area contributed by atoms with Gasteiger partial charge in [0.1, 0.15) is 16.1 Å². The van der Waals surface area contributed by atoms with Gasteiger partial charge < -0.3 is 14.5 Å². The van der Waals surface area contributed by atoms with E-state index in [9.17, 15) is 9.59 Å². The molecular weight excluding hydrogens is 424 g/mol. The summed E-state index contributed by atoms with van der Waals surface area (Å²) in [7, 11) is 1.64. The summed E-state index contributed by atoms with van der Waals surface area (Å²) in [5.41, 5.74) is 2.67. The minimum absolute atomic E-state index is 0.0927. The smallest absolute Gasteiger partial charge is 0.414 e. The van der Waals surface area contributed by atoms with Crippen molar-refractivity contribution in [2.75, 3.05) is 18.6 Å². The Labute approximate surface area is 190 Å². The highest BCUT2D eigenvalue weighted by molar-refractivity contribution is 7.17. The molecule has 0 bridgehead atoms. The monoisotopic (exact) mass is 450 g/mol. The molecule has 4 rings (SSSR count). The molecule has 2 heterocycles. The van der Waals surface area contributed by atoms with Crippen molar-refractivity contribution in [1.29, 1.82) is 0 Å². The fraction of sp³-hybridized carbons (Fsp3) is 0.280. The van der Waals surface area contributed by atoms with Crippen LogP contribution in [-0.4, -0.2) is 30.3 Å². The maximum Gasteiger partial charge on any atom is 0.414 e. The lowest BCUT2D eigenvalue weighted by molar-refractivity contribution is 0.0582. The van der Waals surface area contributed by atoms with E-state index in [0.717, 1.165) is 33.1 Å². The number of hydrogen-bond acceptors (Lipinski definition) is 5. The van der Waals surface area contributed by atoms with Gasteiger partial charge in [-0.1, -0.05) is 12.1 Å². The molecule has 7 heteroatoms. The lowest BCUT2D eigenvalue weighted by Gasteiger charge is -2.26. The number of pyridine rings is 1. The number of aromatic amines is 1. The molecule has 6 nitrogen and oxygen atoms in total. The first-order valence-electron chi connectivity index (χ1n) is 10.4. The first-order valence-corrected chi connectivity index (χ1v) is 11.3. The van der Waals surface area contributed by atoms with E-state index in [-0.39, 0.29) is 11.7 Å². The number of nitrogens with zero attached hydrogens (tertiary/aromatic N) is 1. The fourth-order valence-electron chi connectivity index (χ4n) is 3.83. The number of carbonyl (C=O) groups is 1. The average molecular weight is 451 g/mol. The molecule has 4 aromatic rings. The number of anilines is 1. The SMILES string of the molecule is CCN(C(=O)OC(C)(C)C)c1ccc(-c2c(OC)ccc3[nH]c(=O)c4sccc4c23)cc1. The number of ether oxygens (including phenoxy) is 2. The van der Waals surface area contributed by atoms with Crippen molar-refractivity contribution >= 4 is 44.1 Å². The zero-order valence-corrected chi connectivity index (χ0v) is 19.6. The van der Waals surface area contributed by atoms with Crippen LogP contribution < -0.4 is 15.2 Å². The molecule has 166 valence electrons. The van der Waals surface area contributed by atoms with E-state index >= 15 is 0 Å². The topological polar surface area (TPSA) is 71.6 Å². The molecule has 1 N–H and O–H groups in total. The van der Waals surface area contributed by atoms with Gasteiger partial charge >= 0.3 is 6.09 Å². The van der Waals surface area contributed by atoms with Crippen LogP contribution in [0.25, 0.3) is 32.1 Å². The van der Waals surface area contributed by atoms with E-state index in [0.29, 0.717) is 17.0 Å². The van der Waals surface area contributed by atoms with Crippen molar-refractivity contribution in [2.24, 2.45) is 0 Å². The molecule has 0 aliphatic carbocycles. The summed E-state index contributed by atoms with van der Waals surface area (Å²) in [6, 6.07) is 13.4. The van der Waals surface area contributed by atoms with Crippen molar-refractivity contribution in [3.63, 3.8) is 0 Å². The largest absolute Gasteiger partial charge is 0.496 e. The van der Waals surface area contributed by atoms with Crippen molar-refractivity contribution < 1.29 is 14.3 Å². The van der Waals surface area contributed by atoms with Crippen molar-refractivity contribution in [3.05, 3.63) is 58.2 Å². The number of thiophene rings is 1. The van der Waals surface area contributed by atoms with Gasteiger partial charge in [0.25, 0.3) is 5.56 Å². The normalized spacial score (nSPS) is 11.7. The lowest BCUT2D eigenvalue weighted by Crippen LogP contribution is -2.36. The van der Waals surface area contributed by atoms with E-state index in [4.69, 9.17) is 9.47 Å². The zero-order chi connectivity index (χ0) is 23.0. The summed E-state index contributed by atoms with van der Waals surface area (Å²) in [5, 5.41) is 3.76. The molecule has 0 unspecified atom stereocenters. The molecule has 0 saturated heterocycles. The van der Waals surface area contributed by atoms with Gasteiger partial charge in [-0.15, -0.1) is 11.3 Å². The van der Waals surface area contributed by atoms with Gasteiger partial charge in [0, 0.05) is 34.1 Å². The maximum absolute atomic E-state index is 12.6. The number of amides is 1. The van der Waals surface area contributed by atoms with Crippen molar-refractivity contribution in [2.45, 2.75) is 33.3 Å². The van der Waals surface area contributed by atoms with Crippen LogP contribution in [0.2, 0.25) is 0 Å². The fourth-order valence-corrected chi connectivity index (χ4v) is 4.62. The summed E-state index contributed by atoms with van der Waals surface area (Å²) in [4.78, 5) is 29.7. The Bertz CT molecular complexity index is 1350. The molecule has 32 heavy (non-hydrogen) atoms. The highest BCUT2D eigenvalue weighted by Crippen LogP contribution is 2.40. The van der Waals surface area contributed by atoms with Crippen molar-refractivity contribution in [3.8, 4) is 16.9 Å². The summed E-state index contributed by atoms with van der Waals surface area (Å²) in [6.45, 7) is 7.95. The van der Waals surface area contributed by atoms with Gasteiger partial charge in [0.05, 0.1) is 7.11 Å². The molecule has 2 aromatic heterocycles. The average Bonchev–Trinajstić information content (AvgIpc) is 3.23. The number of rotatable bonds is 4. The number of fused-ring (bicyclic) bond motifs is 3. The number of methoxy groups -OCH3 is 1. The lowest BCUT2D eigenvalue weighted by atomic mass is 9.97. The van der Waals surface area contributed by atoms with E-state index in [1.54, 1.807) is 12.0 Å². The maximum atomic E-state index is 12.6. The quantitative estimate of drug-likeness (QED) is 0.403. The zero-order valence-electron chi connectivity index (χ0n) is 18.8. The van der Waals surface area contributed by atoms with Gasteiger partial charge in [-0.2, -0.15) is 0 Å². The Kier molecular flexibility index (Phi) is 5.69. The van der Waals surface area contributed by atoms with Gasteiger partial charge in [-0.25, -0.2) is 4.79 Å². The number of carbonyl (C=O) groups excluding carboxylic acids is 1. The second-order valence-corrected chi connectivity index (χ2v) is 9.37. The van der Waals surface area contributed by atoms with Gasteiger partial charge in [0.15, 0.2) is 0 Å². The van der Waals surface area contributed by atoms with Crippen LogP contribution in [0.1, 0.15) is 27.7 Å². The van der Waals surface area contributed by atoms with Crippen LogP contribution in [0.4, 0.5) is 10.5 Å². The number of benzene rings is 2. The first-order chi connectivity index (χ1) is 15.2. The molecule has 0 spiro atoms. The molecule has 2 aromatic carbocycles. The van der Waals surface area contributed by atoms with Crippen LogP contribution in [0.15, 0.2) is 52.6 Å². The Morgan fingerprint density at radius 1 is 1.09 bits per heavy atom. The molecule has 0 atom stereocenters. The number of nitrogens with one attached hydrogen (secondary N) is 1. The highest BCUT2D eigenvalue weighted by Gasteiger charge is 2.23. The molecular formula is C25H26N2O4S. The molecule has 0 fully saturated rings.